The largest absolute Gasteiger partial charge is 0.368 e. The van der Waals surface area contributed by atoms with Gasteiger partial charge in [-0.1, -0.05) is 0 Å². The van der Waals surface area contributed by atoms with Crippen LogP contribution in [0.4, 0.5) is 11.5 Å². The number of thiophene rings is 1. The van der Waals surface area contributed by atoms with Gasteiger partial charge in [0.15, 0.2) is 17.3 Å². The maximum atomic E-state index is 10.9. The van der Waals surface area contributed by atoms with E-state index in [1.807, 2.05) is 22.9 Å². The van der Waals surface area contributed by atoms with Crippen LogP contribution in [0.15, 0.2) is 41.4 Å². The van der Waals surface area contributed by atoms with Gasteiger partial charge in [-0.2, -0.15) is 21.0 Å². The summed E-state index contributed by atoms with van der Waals surface area (Å²) in [5.41, 5.74) is 7.48. The normalized spacial score (nSPS) is 11.0. The average molecular weight is 340 g/mol. The zero-order valence-electron chi connectivity index (χ0n) is 12.3. The van der Waals surface area contributed by atoms with Crippen molar-refractivity contribution in [2.45, 2.75) is 6.54 Å². The smallest absolute Gasteiger partial charge is 0.239 e. The van der Waals surface area contributed by atoms with Crippen LogP contribution in [0.3, 0.4) is 0 Å². The standard InChI is InChI=1S/C14H12N8OS/c15-11(23)7-21-6-10(5-16-21)17-12-1-2-13-18-19-14(22(13)20-12)9-3-4-24-8-9/h1-6,8H,7H2,(H2,15,23)(H,17,20). The summed E-state index contributed by atoms with van der Waals surface area (Å²) in [6.07, 6.45) is 3.28. The van der Waals surface area contributed by atoms with Crippen molar-refractivity contribution in [3.05, 3.63) is 41.4 Å². The van der Waals surface area contributed by atoms with Crippen LogP contribution in [-0.2, 0) is 11.3 Å². The molecular weight excluding hydrogens is 328 g/mol. The van der Waals surface area contributed by atoms with E-state index in [1.165, 1.54) is 4.68 Å². The number of hydrogen-bond donors (Lipinski definition) is 2. The second-order valence-corrected chi connectivity index (χ2v) is 5.82. The molecule has 4 heterocycles. The van der Waals surface area contributed by atoms with Gasteiger partial charge in [0.25, 0.3) is 0 Å². The third kappa shape index (κ3) is 2.70. The zero-order chi connectivity index (χ0) is 16.5. The number of hydrogen-bond acceptors (Lipinski definition) is 7. The molecule has 9 nitrogen and oxygen atoms in total. The van der Waals surface area contributed by atoms with Gasteiger partial charge in [-0.05, 0) is 23.6 Å². The Labute approximate surface area is 139 Å². The Hall–Kier alpha value is -3.27. The monoisotopic (exact) mass is 340 g/mol. The van der Waals surface area contributed by atoms with Crippen LogP contribution in [0, 0.1) is 0 Å². The number of fused-ring (bicyclic) bond motifs is 1. The van der Waals surface area contributed by atoms with Crippen molar-refractivity contribution in [2.24, 2.45) is 5.73 Å². The second kappa shape index (κ2) is 5.74. The van der Waals surface area contributed by atoms with Crippen molar-refractivity contribution in [2.75, 3.05) is 5.32 Å². The Morgan fingerprint density at radius 1 is 1.29 bits per heavy atom. The van der Waals surface area contributed by atoms with E-state index >= 15 is 0 Å². The van der Waals surface area contributed by atoms with Crippen molar-refractivity contribution in [3.8, 4) is 11.4 Å². The second-order valence-electron chi connectivity index (χ2n) is 5.04. The summed E-state index contributed by atoms with van der Waals surface area (Å²) in [5, 5.41) is 24.0. The first kappa shape index (κ1) is 14.3. The number of amides is 1. The maximum absolute atomic E-state index is 10.9. The molecule has 0 atom stereocenters. The Morgan fingerprint density at radius 2 is 2.21 bits per heavy atom. The Balaban J connectivity index is 1.64. The lowest BCUT2D eigenvalue weighted by molar-refractivity contribution is -0.118. The van der Waals surface area contributed by atoms with E-state index in [0.717, 1.165) is 5.56 Å². The summed E-state index contributed by atoms with van der Waals surface area (Å²) < 4.78 is 3.14. The van der Waals surface area contributed by atoms with Crippen molar-refractivity contribution in [1.82, 2.24) is 29.6 Å². The summed E-state index contributed by atoms with van der Waals surface area (Å²) >= 11 is 1.59. The van der Waals surface area contributed by atoms with Crippen LogP contribution in [0.2, 0.25) is 0 Å². The van der Waals surface area contributed by atoms with E-state index in [2.05, 4.69) is 25.7 Å². The van der Waals surface area contributed by atoms with Crippen molar-refractivity contribution in [3.63, 3.8) is 0 Å². The van der Waals surface area contributed by atoms with E-state index in [1.54, 1.807) is 34.3 Å². The predicted molar refractivity (Wildman–Crippen MR) is 88.8 cm³/mol. The Kier molecular flexibility index (Phi) is 3.43. The quantitative estimate of drug-likeness (QED) is 0.565. The molecule has 4 aromatic heterocycles. The third-order valence-electron chi connectivity index (χ3n) is 3.27. The number of nitrogens with two attached hydrogens (primary N) is 1. The highest BCUT2D eigenvalue weighted by Crippen LogP contribution is 2.21. The molecule has 0 saturated heterocycles. The van der Waals surface area contributed by atoms with Gasteiger partial charge in [-0.15, -0.1) is 15.3 Å². The van der Waals surface area contributed by atoms with E-state index < -0.39 is 5.91 Å². The van der Waals surface area contributed by atoms with Gasteiger partial charge in [-0.25, -0.2) is 0 Å². The zero-order valence-corrected chi connectivity index (χ0v) is 13.1. The number of anilines is 2. The molecular formula is C14H12N8OS. The third-order valence-corrected chi connectivity index (χ3v) is 3.95. The van der Waals surface area contributed by atoms with Crippen LogP contribution in [0.25, 0.3) is 17.0 Å². The molecule has 0 bridgehead atoms. The van der Waals surface area contributed by atoms with Crippen LogP contribution >= 0.6 is 11.3 Å². The van der Waals surface area contributed by atoms with Crippen molar-refractivity contribution < 1.29 is 4.79 Å². The fourth-order valence-electron chi connectivity index (χ4n) is 2.25. The lowest BCUT2D eigenvalue weighted by Gasteiger charge is -2.03. The molecule has 0 saturated carbocycles. The fraction of sp³-hybridized carbons (Fsp3) is 0.0714. The van der Waals surface area contributed by atoms with Gasteiger partial charge < -0.3 is 11.1 Å². The molecule has 0 aromatic carbocycles. The van der Waals surface area contributed by atoms with Crippen LogP contribution in [0.5, 0.6) is 0 Å². The molecule has 1 amide bonds. The molecule has 4 rings (SSSR count). The molecule has 10 heteroatoms. The van der Waals surface area contributed by atoms with Crippen LogP contribution in [0.1, 0.15) is 0 Å². The van der Waals surface area contributed by atoms with Crippen LogP contribution < -0.4 is 11.1 Å². The number of nitrogens with zero attached hydrogens (tertiary/aromatic N) is 6. The number of aromatic nitrogens is 6. The first-order chi connectivity index (χ1) is 11.7. The minimum Gasteiger partial charge on any atom is -0.368 e. The summed E-state index contributed by atoms with van der Waals surface area (Å²) in [7, 11) is 0. The molecule has 3 N–H and O–H groups in total. The molecule has 24 heavy (non-hydrogen) atoms. The maximum Gasteiger partial charge on any atom is 0.239 e. The van der Waals surface area contributed by atoms with Gasteiger partial charge >= 0.3 is 0 Å². The lowest BCUT2D eigenvalue weighted by Crippen LogP contribution is -2.18. The van der Waals surface area contributed by atoms with E-state index in [-0.39, 0.29) is 6.54 Å². The highest BCUT2D eigenvalue weighted by Gasteiger charge is 2.11. The molecule has 0 aliphatic carbocycles. The van der Waals surface area contributed by atoms with E-state index in [9.17, 15) is 4.79 Å². The fourth-order valence-corrected chi connectivity index (χ4v) is 2.88. The molecule has 0 aliphatic heterocycles. The van der Waals surface area contributed by atoms with Gasteiger partial charge in [0.1, 0.15) is 6.54 Å². The molecule has 0 fully saturated rings. The summed E-state index contributed by atoms with van der Waals surface area (Å²) in [6, 6.07) is 5.59. The van der Waals surface area contributed by atoms with Crippen LogP contribution in [-0.4, -0.2) is 35.5 Å². The van der Waals surface area contributed by atoms with Crippen molar-refractivity contribution >= 4 is 34.4 Å². The highest BCUT2D eigenvalue weighted by atomic mass is 32.1. The minimum atomic E-state index is -0.450. The van der Waals surface area contributed by atoms with Crippen molar-refractivity contribution in [1.29, 1.82) is 0 Å². The number of nitrogens with one attached hydrogen (secondary N) is 1. The SMILES string of the molecule is NC(=O)Cn1cc(Nc2ccc3nnc(-c4ccsc4)n3n2)cn1. The molecule has 0 unspecified atom stereocenters. The number of rotatable bonds is 5. The molecule has 0 aliphatic rings. The minimum absolute atomic E-state index is 0.0297. The lowest BCUT2D eigenvalue weighted by atomic mass is 10.3. The summed E-state index contributed by atoms with van der Waals surface area (Å²) in [4.78, 5) is 10.9. The number of carbonyl (C=O) groups is 1. The number of primary amides is 1. The van der Waals surface area contributed by atoms with Gasteiger partial charge in [-0.3, -0.25) is 9.48 Å². The molecule has 4 aromatic rings. The molecule has 0 radical (unpaired) electrons. The van der Waals surface area contributed by atoms with E-state index in [0.29, 0.717) is 23.0 Å². The highest BCUT2D eigenvalue weighted by molar-refractivity contribution is 7.08. The Bertz CT molecular complexity index is 1000. The van der Waals surface area contributed by atoms with Gasteiger partial charge in [0, 0.05) is 17.1 Å². The predicted octanol–water partition coefficient (Wildman–Crippen LogP) is 1.28. The number of carbonyl (C=O) groups excluding carboxylic acids is 1. The first-order valence-electron chi connectivity index (χ1n) is 7.02. The van der Waals surface area contributed by atoms with Gasteiger partial charge in [0.2, 0.25) is 5.91 Å². The average Bonchev–Trinajstić information content (AvgIpc) is 3.26. The first-order valence-corrected chi connectivity index (χ1v) is 7.96. The Morgan fingerprint density at radius 3 is 3.00 bits per heavy atom. The summed E-state index contributed by atoms with van der Waals surface area (Å²) in [6.45, 7) is 0.0297. The molecule has 0 spiro atoms. The van der Waals surface area contributed by atoms with Gasteiger partial charge in [0.05, 0.1) is 11.9 Å². The molecule has 120 valence electrons. The topological polar surface area (TPSA) is 116 Å². The summed E-state index contributed by atoms with van der Waals surface area (Å²) in [5.74, 6) is 0.839. The van der Waals surface area contributed by atoms with E-state index in [4.69, 9.17) is 5.73 Å².